The maximum Gasteiger partial charge on any atom is 0.244 e. The van der Waals surface area contributed by atoms with Gasteiger partial charge in [0.25, 0.3) is 0 Å². The second kappa shape index (κ2) is 7.89. The van der Waals surface area contributed by atoms with Crippen molar-refractivity contribution in [2.75, 3.05) is 6.54 Å². The molecule has 0 bridgehead atoms. The summed E-state index contributed by atoms with van der Waals surface area (Å²) < 4.78 is 1.58. The zero-order valence-electron chi connectivity index (χ0n) is 12.1. The third-order valence-electron chi connectivity index (χ3n) is 3.11. The molecule has 0 aliphatic heterocycles. The van der Waals surface area contributed by atoms with E-state index in [9.17, 15) is 4.79 Å². The normalized spacial score (nSPS) is 14.1. The molecule has 2 unspecified atom stereocenters. The van der Waals surface area contributed by atoms with E-state index < -0.39 is 0 Å². The number of hydrogen-bond donors (Lipinski definition) is 2. The van der Waals surface area contributed by atoms with Gasteiger partial charge in [-0.3, -0.25) is 4.79 Å². The summed E-state index contributed by atoms with van der Waals surface area (Å²) in [5.41, 5.74) is 6.72. The van der Waals surface area contributed by atoms with Crippen LogP contribution < -0.4 is 11.1 Å². The van der Waals surface area contributed by atoms with E-state index in [2.05, 4.69) is 29.5 Å². The van der Waals surface area contributed by atoms with E-state index in [1.165, 1.54) is 0 Å². The number of hydrogen-bond acceptors (Lipinski definition) is 4. The molecule has 2 atom stereocenters. The molecule has 108 valence electrons. The van der Waals surface area contributed by atoms with Gasteiger partial charge in [0, 0.05) is 6.54 Å². The molecule has 1 amide bonds. The monoisotopic (exact) mass is 267 g/mol. The molecule has 0 saturated carbocycles. The van der Waals surface area contributed by atoms with Crippen molar-refractivity contribution in [3.63, 3.8) is 0 Å². The van der Waals surface area contributed by atoms with Gasteiger partial charge in [-0.25, -0.2) is 4.68 Å². The van der Waals surface area contributed by atoms with Crippen LogP contribution in [0.5, 0.6) is 0 Å². The number of amides is 1. The average Bonchev–Trinajstić information content (AvgIpc) is 2.88. The molecule has 1 rings (SSSR count). The van der Waals surface area contributed by atoms with Crippen LogP contribution in [0.25, 0.3) is 0 Å². The van der Waals surface area contributed by atoms with Crippen molar-refractivity contribution in [3.05, 3.63) is 11.9 Å². The molecule has 3 N–H and O–H groups in total. The molecule has 0 spiro atoms. The first-order chi connectivity index (χ1) is 9.10. The molecule has 19 heavy (non-hydrogen) atoms. The number of carbonyl (C=O) groups is 1. The third kappa shape index (κ3) is 4.63. The molecule has 6 heteroatoms. The van der Waals surface area contributed by atoms with Gasteiger partial charge in [-0.05, 0) is 19.8 Å². The van der Waals surface area contributed by atoms with Crippen LogP contribution in [0.2, 0.25) is 0 Å². The van der Waals surface area contributed by atoms with E-state index in [1.807, 2.05) is 6.92 Å². The molecule has 0 saturated heterocycles. The fraction of sp³-hybridized carbons (Fsp3) is 0.769. The highest BCUT2D eigenvalue weighted by Gasteiger charge is 2.17. The van der Waals surface area contributed by atoms with Gasteiger partial charge < -0.3 is 11.1 Å². The second-order valence-corrected chi connectivity index (χ2v) is 4.84. The van der Waals surface area contributed by atoms with Crippen LogP contribution in [0.1, 0.15) is 64.2 Å². The van der Waals surface area contributed by atoms with Gasteiger partial charge in [0.15, 0.2) is 0 Å². The Morgan fingerprint density at radius 2 is 2.21 bits per heavy atom. The molecule has 0 aliphatic carbocycles. The van der Waals surface area contributed by atoms with Crippen LogP contribution in [0, 0.1) is 0 Å². The predicted molar refractivity (Wildman–Crippen MR) is 74.5 cm³/mol. The lowest BCUT2D eigenvalue weighted by atomic mass is 10.1. The number of unbranched alkanes of at least 4 members (excludes halogenated alkanes) is 1. The molecule has 0 aliphatic rings. The smallest absolute Gasteiger partial charge is 0.244 e. The summed E-state index contributed by atoms with van der Waals surface area (Å²) in [7, 11) is 0. The van der Waals surface area contributed by atoms with E-state index in [1.54, 1.807) is 10.9 Å². The number of rotatable bonds is 8. The first kappa shape index (κ1) is 15.6. The third-order valence-corrected chi connectivity index (χ3v) is 3.11. The Bertz CT molecular complexity index is 390. The Morgan fingerprint density at radius 1 is 1.47 bits per heavy atom. The zero-order valence-corrected chi connectivity index (χ0v) is 12.1. The van der Waals surface area contributed by atoms with E-state index in [4.69, 9.17) is 5.73 Å². The van der Waals surface area contributed by atoms with Gasteiger partial charge >= 0.3 is 0 Å². The quantitative estimate of drug-likeness (QED) is 0.700. The number of aromatic nitrogens is 3. The van der Waals surface area contributed by atoms with Gasteiger partial charge in [0.05, 0.1) is 17.9 Å². The Kier molecular flexibility index (Phi) is 6.49. The Balaban J connectivity index is 2.57. The van der Waals surface area contributed by atoms with Gasteiger partial charge in [0.1, 0.15) is 6.04 Å². The molecule has 0 aromatic carbocycles. The summed E-state index contributed by atoms with van der Waals surface area (Å²) in [5, 5.41) is 10.9. The largest absolute Gasteiger partial charge is 0.354 e. The van der Waals surface area contributed by atoms with Crippen molar-refractivity contribution in [2.24, 2.45) is 5.73 Å². The van der Waals surface area contributed by atoms with Crippen LogP contribution in [0.4, 0.5) is 0 Å². The molecule has 1 aromatic heterocycles. The molecule has 1 heterocycles. The van der Waals surface area contributed by atoms with Crippen molar-refractivity contribution in [1.82, 2.24) is 20.3 Å². The van der Waals surface area contributed by atoms with Gasteiger partial charge in [-0.2, -0.15) is 0 Å². The lowest BCUT2D eigenvalue weighted by molar-refractivity contribution is -0.124. The summed E-state index contributed by atoms with van der Waals surface area (Å²) >= 11 is 0. The summed E-state index contributed by atoms with van der Waals surface area (Å²) in [4.78, 5) is 11.9. The molecular formula is C13H25N5O. The van der Waals surface area contributed by atoms with Crippen LogP contribution in [0.3, 0.4) is 0 Å². The van der Waals surface area contributed by atoms with Crippen LogP contribution in [-0.2, 0) is 4.79 Å². The predicted octanol–water partition coefficient (Wildman–Crippen LogP) is 1.56. The lowest BCUT2D eigenvalue weighted by Gasteiger charge is -2.11. The highest BCUT2D eigenvalue weighted by molar-refractivity contribution is 5.79. The zero-order chi connectivity index (χ0) is 14.3. The highest BCUT2D eigenvalue weighted by atomic mass is 16.2. The highest BCUT2D eigenvalue weighted by Crippen LogP contribution is 2.14. The maximum atomic E-state index is 11.9. The van der Waals surface area contributed by atoms with Gasteiger partial charge in [-0.1, -0.05) is 31.9 Å². The van der Waals surface area contributed by atoms with Crippen molar-refractivity contribution >= 4 is 5.91 Å². The van der Waals surface area contributed by atoms with E-state index >= 15 is 0 Å². The van der Waals surface area contributed by atoms with Crippen LogP contribution in [-0.4, -0.2) is 27.4 Å². The number of carbonyl (C=O) groups excluding carboxylic acids is 1. The SMILES string of the molecule is CCCCNC(=O)C(C)n1cc(C(N)CCC)nn1. The maximum absolute atomic E-state index is 11.9. The minimum atomic E-state index is -0.355. The summed E-state index contributed by atoms with van der Waals surface area (Å²) in [5.74, 6) is -0.0334. The van der Waals surface area contributed by atoms with Gasteiger partial charge in [-0.15, -0.1) is 5.10 Å². The van der Waals surface area contributed by atoms with E-state index in [0.717, 1.165) is 31.4 Å². The Morgan fingerprint density at radius 3 is 2.84 bits per heavy atom. The molecule has 1 aromatic rings. The minimum Gasteiger partial charge on any atom is -0.354 e. The summed E-state index contributed by atoms with van der Waals surface area (Å²) in [6, 6.07) is -0.457. The van der Waals surface area contributed by atoms with E-state index in [0.29, 0.717) is 6.54 Å². The minimum absolute atomic E-state index is 0.0334. The van der Waals surface area contributed by atoms with Gasteiger partial charge in [0.2, 0.25) is 5.91 Å². The number of nitrogens with two attached hydrogens (primary N) is 1. The standard InChI is InChI=1S/C13H25N5O/c1-4-6-8-15-13(19)10(3)18-9-12(16-17-18)11(14)7-5-2/h9-11H,4-8,14H2,1-3H3,(H,15,19). The molecule has 0 radical (unpaired) electrons. The Hall–Kier alpha value is -1.43. The van der Waals surface area contributed by atoms with E-state index in [-0.39, 0.29) is 18.0 Å². The van der Waals surface area contributed by atoms with Crippen molar-refractivity contribution < 1.29 is 4.79 Å². The van der Waals surface area contributed by atoms with Crippen molar-refractivity contribution in [1.29, 1.82) is 0 Å². The van der Waals surface area contributed by atoms with Crippen LogP contribution >= 0.6 is 0 Å². The molecule has 0 fully saturated rings. The summed E-state index contributed by atoms with van der Waals surface area (Å²) in [6.45, 7) is 6.68. The first-order valence-electron chi connectivity index (χ1n) is 7.05. The first-order valence-corrected chi connectivity index (χ1v) is 7.05. The van der Waals surface area contributed by atoms with Crippen LogP contribution in [0.15, 0.2) is 6.20 Å². The fourth-order valence-electron chi connectivity index (χ4n) is 1.76. The van der Waals surface area contributed by atoms with Crippen molar-refractivity contribution in [3.8, 4) is 0 Å². The average molecular weight is 267 g/mol. The fourth-order valence-corrected chi connectivity index (χ4v) is 1.76. The summed E-state index contributed by atoms with van der Waals surface area (Å²) in [6.07, 6.45) is 5.69. The number of nitrogens with one attached hydrogen (secondary N) is 1. The second-order valence-electron chi connectivity index (χ2n) is 4.84. The molecular weight excluding hydrogens is 242 g/mol. The lowest BCUT2D eigenvalue weighted by Crippen LogP contribution is -2.32. The number of nitrogens with zero attached hydrogens (tertiary/aromatic N) is 3. The Labute approximate surface area is 114 Å². The topological polar surface area (TPSA) is 85.8 Å². The van der Waals surface area contributed by atoms with Crippen molar-refractivity contribution in [2.45, 2.75) is 58.5 Å². The molecule has 6 nitrogen and oxygen atoms in total.